The molecule has 0 spiro atoms. The van der Waals surface area contributed by atoms with Crippen LogP contribution in [0.25, 0.3) is 6.08 Å². The van der Waals surface area contributed by atoms with Gasteiger partial charge in [-0.05, 0) is 60.5 Å². The van der Waals surface area contributed by atoms with Gasteiger partial charge in [0.05, 0.1) is 45.5 Å². The smallest absolute Gasteiger partial charge is 0.338 e. The SMILES string of the molecule is CCOC(=O)C1=C(C)N=c2s/c(=C/c3ccc(Br)c([N+](=O)[O-])c3)c(=O)n2[C@@H]1c1cccc(OC)c1OCC. The largest absolute Gasteiger partial charge is 0.493 e. The molecule has 198 valence electrons. The van der Waals surface area contributed by atoms with Gasteiger partial charge in [-0.2, -0.15) is 0 Å². The van der Waals surface area contributed by atoms with Crippen molar-refractivity contribution >= 4 is 45.0 Å². The average Bonchev–Trinajstić information content (AvgIpc) is 3.18. The van der Waals surface area contributed by atoms with Crippen molar-refractivity contribution in [2.75, 3.05) is 20.3 Å². The highest BCUT2D eigenvalue weighted by atomic mass is 79.9. The van der Waals surface area contributed by atoms with E-state index < -0.39 is 22.5 Å². The molecule has 12 heteroatoms. The summed E-state index contributed by atoms with van der Waals surface area (Å²) in [6, 6.07) is 8.96. The normalized spacial score (nSPS) is 15.1. The first-order valence-electron chi connectivity index (χ1n) is 11.6. The number of carbonyl (C=O) groups excluding carboxylic acids is 1. The number of hydrogen-bond donors (Lipinski definition) is 0. The third-order valence-corrected chi connectivity index (χ3v) is 7.45. The molecule has 3 aromatic rings. The molecule has 0 unspecified atom stereocenters. The second-order valence-corrected chi connectivity index (χ2v) is 9.95. The van der Waals surface area contributed by atoms with Crippen LogP contribution in [0.5, 0.6) is 11.5 Å². The summed E-state index contributed by atoms with van der Waals surface area (Å²) in [6.07, 6.45) is 1.57. The fourth-order valence-electron chi connectivity index (χ4n) is 4.20. The Labute approximate surface area is 229 Å². The lowest BCUT2D eigenvalue weighted by atomic mass is 9.94. The molecule has 0 aliphatic carbocycles. The number of thiazole rings is 1. The molecular weight excluding hydrogens is 578 g/mol. The van der Waals surface area contributed by atoms with Gasteiger partial charge in [0, 0.05) is 11.6 Å². The van der Waals surface area contributed by atoms with Crippen LogP contribution in [-0.4, -0.2) is 35.8 Å². The van der Waals surface area contributed by atoms with Crippen molar-refractivity contribution in [2.24, 2.45) is 4.99 Å². The molecule has 1 aliphatic heterocycles. The Balaban J connectivity index is 2.01. The Morgan fingerprint density at radius 1 is 1.26 bits per heavy atom. The first kappa shape index (κ1) is 27.3. The lowest BCUT2D eigenvalue weighted by molar-refractivity contribution is -0.385. The third-order valence-electron chi connectivity index (χ3n) is 5.79. The number of hydrogen-bond acceptors (Lipinski definition) is 9. The monoisotopic (exact) mass is 601 g/mol. The number of aromatic nitrogens is 1. The topological polar surface area (TPSA) is 122 Å². The van der Waals surface area contributed by atoms with E-state index in [0.29, 0.717) is 48.7 Å². The second kappa shape index (κ2) is 11.3. The second-order valence-electron chi connectivity index (χ2n) is 8.08. The Kier molecular flexibility index (Phi) is 8.12. The standard InChI is InChI=1S/C26H24BrN3O7S/c1-5-36-23-16(8-7-9-19(23)35-4)22-21(25(32)37-6-2)14(3)28-26-29(22)24(31)20(38-26)13-15-10-11-17(27)18(12-15)30(33)34/h7-13,22H,5-6H2,1-4H3/b20-13+/t22-/m1/s1. The summed E-state index contributed by atoms with van der Waals surface area (Å²) in [7, 11) is 1.51. The highest BCUT2D eigenvalue weighted by Crippen LogP contribution is 2.40. The van der Waals surface area contributed by atoms with Gasteiger partial charge >= 0.3 is 5.97 Å². The number of ether oxygens (including phenoxy) is 3. The molecule has 4 rings (SSSR count). The van der Waals surface area contributed by atoms with Crippen LogP contribution in [0.15, 0.2) is 61.9 Å². The zero-order valence-corrected chi connectivity index (χ0v) is 23.4. The van der Waals surface area contributed by atoms with Crippen LogP contribution >= 0.6 is 27.3 Å². The van der Waals surface area contributed by atoms with E-state index >= 15 is 0 Å². The van der Waals surface area contributed by atoms with E-state index in [2.05, 4.69) is 20.9 Å². The van der Waals surface area contributed by atoms with Gasteiger partial charge < -0.3 is 14.2 Å². The van der Waals surface area contributed by atoms with E-state index in [1.54, 1.807) is 50.3 Å². The average molecular weight is 602 g/mol. The molecule has 0 amide bonds. The fraction of sp³-hybridized carbons (Fsp3) is 0.269. The van der Waals surface area contributed by atoms with Gasteiger partial charge in [-0.15, -0.1) is 0 Å². The van der Waals surface area contributed by atoms with Gasteiger partial charge in [-0.1, -0.05) is 29.5 Å². The Morgan fingerprint density at radius 2 is 2.03 bits per heavy atom. The Bertz CT molecular complexity index is 1640. The molecule has 0 bridgehead atoms. The van der Waals surface area contributed by atoms with Crippen molar-refractivity contribution in [3.8, 4) is 11.5 Å². The number of benzene rings is 2. The number of carbonyl (C=O) groups is 1. The Morgan fingerprint density at radius 3 is 2.68 bits per heavy atom. The summed E-state index contributed by atoms with van der Waals surface area (Å²) in [5.41, 5.74) is 1.09. The molecule has 0 fully saturated rings. The summed E-state index contributed by atoms with van der Waals surface area (Å²) >= 11 is 4.30. The van der Waals surface area contributed by atoms with Crippen molar-refractivity contribution in [1.29, 1.82) is 0 Å². The number of fused-ring (bicyclic) bond motifs is 1. The summed E-state index contributed by atoms with van der Waals surface area (Å²) in [6.45, 7) is 5.69. The van der Waals surface area contributed by atoms with Gasteiger partial charge in [0.1, 0.15) is 6.04 Å². The molecule has 0 saturated carbocycles. The molecule has 1 aromatic heterocycles. The number of esters is 1. The zero-order valence-electron chi connectivity index (χ0n) is 21.0. The van der Waals surface area contributed by atoms with E-state index in [-0.39, 0.29) is 17.9 Å². The number of para-hydroxylation sites is 1. The lowest BCUT2D eigenvalue weighted by Gasteiger charge is -2.26. The van der Waals surface area contributed by atoms with Crippen LogP contribution in [0, 0.1) is 10.1 Å². The van der Waals surface area contributed by atoms with E-state index in [1.807, 2.05) is 6.92 Å². The van der Waals surface area contributed by atoms with Crippen LogP contribution < -0.4 is 24.4 Å². The van der Waals surface area contributed by atoms with Crippen LogP contribution in [0.4, 0.5) is 5.69 Å². The number of allylic oxidation sites excluding steroid dienone is 1. The highest BCUT2D eigenvalue weighted by Gasteiger charge is 2.36. The predicted molar refractivity (Wildman–Crippen MR) is 145 cm³/mol. The van der Waals surface area contributed by atoms with E-state index in [0.717, 1.165) is 11.3 Å². The molecule has 10 nitrogen and oxygen atoms in total. The quantitative estimate of drug-likeness (QED) is 0.218. The minimum Gasteiger partial charge on any atom is -0.493 e. The maximum atomic E-state index is 13.8. The zero-order chi connectivity index (χ0) is 27.6. The molecular formula is C26H24BrN3O7S. The van der Waals surface area contributed by atoms with Crippen LogP contribution in [0.1, 0.15) is 37.9 Å². The summed E-state index contributed by atoms with van der Waals surface area (Å²) in [5.74, 6) is 0.255. The van der Waals surface area contributed by atoms with Gasteiger partial charge in [0.2, 0.25) is 0 Å². The maximum Gasteiger partial charge on any atom is 0.338 e. The van der Waals surface area contributed by atoms with Crippen LogP contribution in [0.2, 0.25) is 0 Å². The highest BCUT2D eigenvalue weighted by molar-refractivity contribution is 9.10. The minimum absolute atomic E-state index is 0.123. The summed E-state index contributed by atoms with van der Waals surface area (Å²) in [4.78, 5) is 42.8. The number of rotatable bonds is 8. The van der Waals surface area contributed by atoms with Gasteiger partial charge in [0.15, 0.2) is 16.3 Å². The lowest BCUT2D eigenvalue weighted by Crippen LogP contribution is -2.40. The molecule has 1 atom stereocenters. The van der Waals surface area contributed by atoms with E-state index in [4.69, 9.17) is 14.2 Å². The predicted octanol–water partition coefficient (Wildman–Crippen LogP) is 3.88. The molecule has 2 heterocycles. The van der Waals surface area contributed by atoms with Crippen molar-refractivity contribution < 1.29 is 23.9 Å². The van der Waals surface area contributed by atoms with Gasteiger partial charge in [-0.3, -0.25) is 19.5 Å². The Hall–Kier alpha value is -3.77. The van der Waals surface area contributed by atoms with Gasteiger partial charge in [-0.25, -0.2) is 9.79 Å². The molecule has 38 heavy (non-hydrogen) atoms. The van der Waals surface area contributed by atoms with E-state index in [1.165, 1.54) is 17.7 Å². The van der Waals surface area contributed by atoms with Crippen molar-refractivity contribution in [3.05, 3.63) is 93.1 Å². The van der Waals surface area contributed by atoms with Crippen molar-refractivity contribution in [1.82, 2.24) is 4.57 Å². The third kappa shape index (κ3) is 5.01. The van der Waals surface area contributed by atoms with Crippen molar-refractivity contribution in [3.63, 3.8) is 0 Å². The summed E-state index contributed by atoms with van der Waals surface area (Å²) in [5, 5.41) is 11.4. The van der Waals surface area contributed by atoms with Crippen molar-refractivity contribution in [2.45, 2.75) is 26.8 Å². The summed E-state index contributed by atoms with van der Waals surface area (Å²) < 4.78 is 18.8. The molecule has 1 aliphatic rings. The van der Waals surface area contributed by atoms with Crippen LogP contribution in [0.3, 0.4) is 0 Å². The van der Waals surface area contributed by atoms with E-state index in [9.17, 15) is 19.7 Å². The fourth-order valence-corrected chi connectivity index (χ4v) is 5.64. The van der Waals surface area contributed by atoms with Gasteiger partial charge in [0.25, 0.3) is 11.2 Å². The minimum atomic E-state index is -0.900. The number of halogens is 1. The molecule has 0 radical (unpaired) electrons. The van der Waals surface area contributed by atoms with Crippen LogP contribution in [-0.2, 0) is 9.53 Å². The number of methoxy groups -OCH3 is 1. The first-order valence-corrected chi connectivity index (χ1v) is 13.3. The molecule has 2 aromatic carbocycles. The number of nitro groups is 1. The molecule has 0 N–H and O–H groups in total. The number of nitro benzene ring substituents is 1. The molecule has 0 saturated heterocycles. The number of nitrogens with zero attached hydrogens (tertiary/aromatic N) is 3. The maximum absolute atomic E-state index is 13.8. The first-order chi connectivity index (χ1) is 18.2.